The molecule has 0 aromatic carbocycles. The smallest absolute Gasteiger partial charge is 0.131 e. The van der Waals surface area contributed by atoms with Crippen LogP contribution in [0.3, 0.4) is 0 Å². The minimum atomic E-state index is 0.800. The van der Waals surface area contributed by atoms with Crippen molar-refractivity contribution in [3.05, 3.63) is 11.9 Å². The van der Waals surface area contributed by atoms with Gasteiger partial charge < -0.3 is 10.6 Å². The van der Waals surface area contributed by atoms with Crippen molar-refractivity contribution in [3.63, 3.8) is 0 Å². The van der Waals surface area contributed by atoms with Crippen molar-refractivity contribution in [2.75, 3.05) is 23.7 Å². The highest BCUT2D eigenvalue weighted by atomic mass is 15.1. The molecule has 1 aromatic rings. The molecule has 2 rings (SSSR count). The molecule has 0 atom stereocenters. The van der Waals surface area contributed by atoms with Gasteiger partial charge in [0.05, 0.1) is 0 Å². The molecule has 4 heteroatoms. The average Bonchev–Trinajstić information content (AvgIpc) is 2.38. The van der Waals surface area contributed by atoms with Crippen LogP contribution in [0.2, 0.25) is 0 Å². The fourth-order valence-corrected chi connectivity index (χ4v) is 2.71. The summed E-state index contributed by atoms with van der Waals surface area (Å²) in [5, 5.41) is 6.72. The van der Waals surface area contributed by atoms with Crippen LogP contribution >= 0.6 is 0 Å². The number of aromatic nitrogens is 2. The van der Waals surface area contributed by atoms with Crippen molar-refractivity contribution in [2.24, 2.45) is 11.8 Å². The summed E-state index contributed by atoms with van der Waals surface area (Å²) in [6.07, 6.45) is 5.44. The van der Waals surface area contributed by atoms with Crippen molar-refractivity contribution in [3.8, 4) is 0 Å². The zero-order valence-corrected chi connectivity index (χ0v) is 12.4. The second-order valence-corrected chi connectivity index (χ2v) is 5.72. The first-order valence-electron chi connectivity index (χ1n) is 7.50. The molecule has 0 spiro atoms. The lowest BCUT2D eigenvalue weighted by Crippen LogP contribution is -2.20. The molecular formula is C15H26N4. The molecule has 0 radical (unpaired) electrons. The largest absolute Gasteiger partial charge is 0.370 e. The summed E-state index contributed by atoms with van der Waals surface area (Å²) in [6.45, 7) is 8.30. The molecule has 1 aromatic heterocycles. The Labute approximate surface area is 116 Å². The van der Waals surface area contributed by atoms with E-state index in [0.29, 0.717) is 0 Å². The molecule has 1 aliphatic carbocycles. The quantitative estimate of drug-likeness (QED) is 0.853. The van der Waals surface area contributed by atoms with Gasteiger partial charge in [0.25, 0.3) is 0 Å². The third-order valence-electron chi connectivity index (χ3n) is 3.90. The van der Waals surface area contributed by atoms with E-state index in [1.165, 1.54) is 25.7 Å². The van der Waals surface area contributed by atoms with Crippen molar-refractivity contribution in [1.82, 2.24) is 9.97 Å². The van der Waals surface area contributed by atoms with Crippen LogP contribution in [0.25, 0.3) is 0 Å². The summed E-state index contributed by atoms with van der Waals surface area (Å²) in [4.78, 5) is 8.82. The predicted molar refractivity (Wildman–Crippen MR) is 80.5 cm³/mol. The summed E-state index contributed by atoms with van der Waals surface area (Å²) >= 11 is 0. The topological polar surface area (TPSA) is 49.8 Å². The number of anilines is 2. The third-order valence-corrected chi connectivity index (χ3v) is 3.90. The van der Waals surface area contributed by atoms with E-state index in [1.54, 1.807) is 0 Å². The van der Waals surface area contributed by atoms with E-state index in [2.05, 4.69) is 34.4 Å². The molecule has 4 nitrogen and oxygen atoms in total. The van der Waals surface area contributed by atoms with Crippen molar-refractivity contribution in [2.45, 2.75) is 46.5 Å². The van der Waals surface area contributed by atoms with Gasteiger partial charge in [-0.1, -0.05) is 19.8 Å². The van der Waals surface area contributed by atoms with Crippen LogP contribution in [0.4, 0.5) is 11.6 Å². The second kappa shape index (κ2) is 6.73. The molecule has 19 heavy (non-hydrogen) atoms. The minimum Gasteiger partial charge on any atom is -0.370 e. The van der Waals surface area contributed by atoms with E-state index < -0.39 is 0 Å². The van der Waals surface area contributed by atoms with Crippen LogP contribution in [-0.4, -0.2) is 23.1 Å². The van der Waals surface area contributed by atoms with Gasteiger partial charge in [-0.05, 0) is 38.5 Å². The number of hydrogen-bond donors (Lipinski definition) is 2. The third kappa shape index (κ3) is 4.37. The molecular weight excluding hydrogens is 236 g/mol. The Morgan fingerprint density at radius 3 is 2.37 bits per heavy atom. The molecule has 1 saturated carbocycles. The number of hydrogen-bond acceptors (Lipinski definition) is 4. The van der Waals surface area contributed by atoms with Crippen LogP contribution in [-0.2, 0) is 0 Å². The minimum absolute atomic E-state index is 0.800. The summed E-state index contributed by atoms with van der Waals surface area (Å²) < 4.78 is 0. The first-order chi connectivity index (χ1) is 9.17. The Bertz CT molecular complexity index is 397. The Kier molecular flexibility index (Phi) is 5.00. The highest BCUT2D eigenvalue weighted by Gasteiger charge is 2.18. The fourth-order valence-electron chi connectivity index (χ4n) is 2.71. The van der Waals surface area contributed by atoms with E-state index in [0.717, 1.165) is 42.4 Å². The summed E-state index contributed by atoms with van der Waals surface area (Å²) in [5.74, 6) is 4.39. The Morgan fingerprint density at radius 1 is 1.11 bits per heavy atom. The lowest BCUT2D eigenvalue weighted by atomic mass is 9.83. The molecule has 1 heterocycles. The van der Waals surface area contributed by atoms with Gasteiger partial charge in [-0.15, -0.1) is 0 Å². The van der Waals surface area contributed by atoms with E-state index in [1.807, 2.05) is 13.0 Å². The maximum atomic E-state index is 4.45. The fraction of sp³-hybridized carbons (Fsp3) is 0.733. The number of nitrogens with one attached hydrogen (secondary N) is 2. The summed E-state index contributed by atoms with van der Waals surface area (Å²) in [5.41, 5.74) is 0. The highest BCUT2D eigenvalue weighted by molar-refractivity contribution is 5.47. The maximum absolute atomic E-state index is 4.45. The van der Waals surface area contributed by atoms with Crippen LogP contribution in [0.1, 0.15) is 45.4 Å². The molecule has 0 amide bonds. The molecule has 0 aliphatic heterocycles. The van der Waals surface area contributed by atoms with E-state index in [-0.39, 0.29) is 0 Å². The van der Waals surface area contributed by atoms with Gasteiger partial charge in [-0.25, -0.2) is 9.97 Å². The second-order valence-electron chi connectivity index (χ2n) is 5.72. The predicted octanol–water partition coefficient (Wildman–Crippen LogP) is 3.46. The van der Waals surface area contributed by atoms with E-state index >= 15 is 0 Å². The van der Waals surface area contributed by atoms with Crippen molar-refractivity contribution >= 4 is 11.6 Å². The first kappa shape index (κ1) is 14.1. The van der Waals surface area contributed by atoms with Crippen LogP contribution in [0.5, 0.6) is 0 Å². The van der Waals surface area contributed by atoms with Crippen LogP contribution < -0.4 is 10.6 Å². The SMILES string of the molecule is CCNc1cc(NCC2CCC(C)CC2)nc(C)n1. The van der Waals surface area contributed by atoms with Gasteiger partial charge in [-0.3, -0.25) is 0 Å². The van der Waals surface area contributed by atoms with Gasteiger partial charge in [0.15, 0.2) is 0 Å². The number of rotatable bonds is 5. The average molecular weight is 262 g/mol. The van der Waals surface area contributed by atoms with Crippen molar-refractivity contribution < 1.29 is 0 Å². The summed E-state index contributed by atoms with van der Waals surface area (Å²) in [7, 11) is 0. The Balaban J connectivity index is 1.88. The van der Waals surface area contributed by atoms with Gasteiger partial charge in [0.1, 0.15) is 17.5 Å². The monoisotopic (exact) mass is 262 g/mol. The van der Waals surface area contributed by atoms with Gasteiger partial charge >= 0.3 is 0 Å². The molecule has 0 unspecified atom stereocenters. The lowest BCUT2D eigenvalue weighted by molar-refractivity contribution is 0.300. The zero-order chi connectivity index (χ0) is 13.7. The lowest BCUT2D eigenvalue weighted by Gasteiger charge is -2.26. The highest BCUT2D eigenvalue weighted by Crippen LogP contribution is 2.28. The standard InChI is InChI=1S/C15H26N4/c1-4-16-14-9-15(19-12(3)18-14)17-10-13-7-5-11(2)6-8-13/h9,11,13H,4-8,10H2,1-3H3,(H2,16,17,18,19). The first-order valence-corrected chi connectivity index (χ1v) is 7.50. The molecule has 0 bridgehead atoms. The number of nitrogens with zero attached hydrogens (tertiary/aromatic N) is 2. The molecule has 106 valence electrons. The van der Waals surface area contributed by atoms with Crippen molar-refractivity contribution in [1.29, 1.82) is 0 Å². The maximum Gasteiger partial charge on any atom is 0.131 e. The van der Waals surface area contributed by atoms with Gasteiger partial charge in [0.2, 0.25) is 0 Å². The van der Waals surface area contributed by atoms with E-state index in [4.69, 9.17) is 0 Å². The molecule has 0 saturated heterocycles. The Hall–Kier alpha value is -1.32. The normalized spacial score (nSPS) is 23.1. The molecule has 2 N–H and O–H groups in total. The van der Waals surface area contributed by atoms with Crippen LogP contribution in [0.15, 0.2) is 6.07 Å². The Morgan fingerprint density at radius 2 is 1.74 bits per heavy atom. The summed E-state index contributed by atoms with van der Waals surface area (Å²) in [6, 6.07) is 2.00. The van der Waals surface area contributed by atoms with Crippen LogP contribution in [0, 0.1) is 18.8 Å². The zero-order valence-electron chi connectivity index (χ0n) is 12.4. The molecule has 1 fully saturated rings. The molecule has 1 aliphatic rings. The van der Waals surface area contributed by atoms with Gasteiger partial charge in [-0.2, -0.15) is 0 Å². The van der Waals surface area contributed by atoms with Gasteiger partial charge in [0, 0.05) is 19.2 Å². The number of aryl methyl sites for hydroxylation is 1. The van der Waals surface area contributed by atoms with E-state index in [9.17, 15) is 0 Å².